The average Bonchev–Trinajstić information content (AvgIpc) is 3.19. The number of likely N-dealkylation sites (tertiary alicyclic amines) is 1. The van der Waals surface area contributed by atoms with Gasteiger partial charge in [0.25, 0.3) is 0 Å². The fourth-order valence-electron chi connectivity index (χ4n) is 3.51. The third-order valence-corrected chi connectivity index (χ3v) is 5.23. The SMILES string of the molecule is Cc1ccc(CNC(=O)N2CCC(C(=O)O)CC2)c(OCC2CCCO2)c1. The largest absolute Gasteiger partial charge is 0.491 e. The van der Waals surface area contributed by atoms with Gasteiger partial charge in [0.15, 0.2) is 0 Å². The number of hydrogen-bond donors (Lipinski definition) is 2. The normalized spacial score (nSPS) is 20.5. The Labute approximate surface area is 159 Å². The molecule has 7 nitrogen and oxygen atoms in total. The van der Waals surface area contributed by atoms with Crippen LogP contribution in [0.15, 0.2) is 18.2 Å². The Kier molecular flexibility index (Phi) is 6.55. The highest BCUT2D eigenvalue weighted by Crippen LogP contribution is 2.23. The van der Waals surface area contributed by atoms with Gasteiger partial charge in [0.2, 0.25) is 0 Å². The van der Waals surface area contributed by atoms with Gasteiger partial charge in [0.1, 0.15) is 12.4 Å². The van der Waals surface area contributed by atoms with Gasteiger partial charge in [-0.2, -0.15) is 0 Å². The van der Waals surface area contributed by atoms with Crippen LogP contribution in [-0.4, -0.2) is 54.4 Å². The molecule has 7 heteroatoms. The second-order valence-electron chi connectivity index (χ2n) is 7.32. The van der Waals surface area contributed by atoms with Gasteiger partial charge in [-0.15, -0.1) is 0 Å². The summed E-state index contributed by atoms with van der Waals surface area (Å²) in [6.45, 7) is 4.64. The molecule has 0 aliphatic carbocycles. The molecule has 1 aromatic carbocycles. The van der Waals surface area contributed by atoms with Crippen molar-refractivity contribution < 1.29 is 24.2 Å². The molecule has 2 aliphatic rings. The van der Waals surface area contributed by atoms with Crippen LogP contribution in [0.3, 0.4) is 0 Å². The number of benzene rings is 1. The zero-order valence-electron chi connectivity index (χ0n) is 15.8. The molecule has 2 saturated heterocycles. The molecule has 0 radical (unpaired) electrons. The number of carbonyl (C=O) groups excluding carboxylic acids is 1. The number of carboxylic acids is 1. The van der Waals surface area contributed by atoms with Crippen molar-refractivity contribution in [3.8, 4) is 5.75 Å². The molecule has 2 aliphatic heterocycles. The van der Waals surface area contributed by atoms with Crippen molar-refractivity contribution in [1.29, 1.82) is 0 Å². The van der Waals surface area contributed by atoms with E-state index >= 15 is 0 Å². The van der Waals surface area contributed by atoms with Crippen LogP contribution in [0.4, 0.5) is 4.79 Å². The van der Waals surface area contributed by atoms with Crippen molar-refractivity contribution in [2.45, 2.75) is 45.3 Å². The van der Waals surface area contributed by atoms with Crippen LogP contribution < -0.4 is 10.1 Å². The number of urea groups is 1. The maximum atomic E-state index is 12.4. The van der Waals surface area contributed by atoms with E-state index in [0.717, 1.165) is 36.3 Å². The predicted octanol–water partition coefficient (Wildman–Crippen LogP) is 2.56. The highest BCUT2D eigenvalue weighted by molar-refractivity contribution is 5.75. The van der Waals surface area contributed by atoms with E-state index in [0.29, 0.717) is 39.1 Å². The lowest BCUT2D eigenvalue weighted by molar-refractivity contribution is -0.143. The molecule has 3 rings (SSSR count). The molecule has 0 bridgehead atoms. The van der Waals surface area contributed by atoms with E-state index in [1.807, 2.05) is 25.1 Å². The predicted molar refractivity (Wildman–Crippen MR) is 99.8 cm³/mol. The molecule has 2 fully saturated rings. The summed E-state index contributed by atoms with van der Waals surface area (Å²) in [4.78, 5) is 25.1. The molecule has 27 heavy (non-hydrogen) atoms. The Balaban J connectivity index is 1.52. The number of carbonyl (C=O) groups is 2. The minimum atomic E-state index is -0.775. The van der Waals surface area contributed by atoms with Crippen LogP contribution >= 0.6 is 0 Å². The van der Waals surface area contributed by atoms with Crippen LogP contribution in [-0.2, 0) is 16.1 Å². The van der Waals surface area contributed by atoms with Crippen molar-refractivity contribution in [3.63, 3.8) is 0 Å². The first-order valence-corrected chi connectivity index (χ1v) is 9.62. The number of aryl methyl sites for hydroxylation is 1. The molecule has 1 aromatic rings. The third kappa shape index (κ3) is 5.35. The Morgan fingerprint density at radius 3 is 2.74 bits per heavy atom. The summed E-state index contributed by atoms with van der Waals surface area (Å²) in [7, 11) is 0. The fraction of sp³-hybridized carbons (Fsp3) is 0.600. The summed E-state index contributed by atoms with van der Waals surface area (Å²) in [5.41, 5.74) is 2.02. The van der Waals surface area contributed by atoms with Crippen molar-refractivity contribution in [3.05, 3.63) is 29.3 Å². The number of amides is 2. The fourth-order valence-corrected chi connectivity index (χ4v) is 3.51. The van der Waals surface area contributed by atoms with E-state index < -0.39 is 5.97 Å². The van der Waals surface area contributed by atoms with E-state index in [-0.39, 0.29) is 18.1 Å². The molecule has 2 heterocycles. The van der Waals surface area contributed by atoms with Crippen LogP contribution in [0.25, 0.3) is 0 Å². The van der Waals surface area contributed by atoms with E-state index in [2.05, 4.69) is 5.32 Å². The first kappa shape index (κ1) is 19.5. The molecule has 1 unspecified atom stereocenters. The molecule has 148 valence electrons. The lowest BCUT2D eigenvalue weighted by atomic mass is 9.97. The highest BCUT2D eigenvalue weighted by Gasteiger charge is 2.27. The maximum absolute atomic E-state index is 12.4. The van der Waals surface area contributed by atoms with Gasteiger partial charge in [-0.05, 0) is 44.2 Å². The zero-order valence-corrected chi connectivity index (χ0v) is 15.8. The van der Waals surface area contributed by atoms with Crippen LogP contribution in [0, 0.1) is 12.8 Å². The molecule has 2 amide bonds. The molecule has 0 aromatic heterocycles. The summed E-state index contributed by atoms with van der Waals surface area (Å²) in [6, 6.07) is 5.79. The van der Waals surface area contributed by atoms with Gasteiger partial charge in [-0.25, -0.2) is 4.79 Å². The summed E-state index contributed by atoms with van der Waals surface area (Å²) >= 11 is 0. The number of rotatable bonds is 6. The smallest absolute Gasteiger partial charge is 0.317 e. The second kappa shape index (κ2) is 9.08. The Morgan fingerprint density at radius 2 is 2.07 bits per heavy atom. The van der Waals surface area contributed by atoms with Gasteiger partial charge in [-0.1, -0.05) is 12.1 Å². The Morgan fingerprint density at radius 1 is 1.30 bits per heavy atom. The summed E-state index contributed by atoms with van der Waals surface area (Å²) < 4.78 is 11.6. The zero-order chi connectivity index (χ0) is 19.2. The van der Waals surface area contributed by atoms with E-state index in [9.17, 15) is 9.59 Å². The van der Waals surface area contributed by atoms with Gasteiger partial charge in [0, 0.05) is 31.8 Å². The number of carboxylic acid groups (broad SMARTS) is 1. The maximum Gasteiger partial charge on any atom is 0.317 e. The molecule has 0 saturated carbocycles. The second-order valence-corrected chi connectivity index (χ2v) is 7.32. The molecule has 2 N–H and O–H groups in total. The highest BCUT2D eigenvalue weighted by atomic mass is 16.5. The van der Waals surface area contributed by atoms with E-state index in [4.69, 9.17) is 14.6 Å². The van der Waals surface area contributed by atoms with E-state index in [1.54, 1.807) is 4.90 Å². The number of nitrogens with zero attached hydrogens (tertiary/aromatic N) is 1. The van der Waals surface area contributed by atoms with Gasteiger partial charge < -0.3 is 24.8 Å². The Hall–Kier alpha value is -2.28. The third-order valence-electron chi connectivity index (χ3n) is 5.23. The monoisotopic (exact) mass is 376 g/mol. The summed E-state index contributed by atoms with van der Waals surface area (Å²) in [5, 5.41) is 12.0. The number of piperidine rings is 1. The quantitative estimate of drug-likeness (QED) is 0.797. The van der Waals surface area contributed by atoms with Gasteiger partial charge in [0.05, 0.1) is 12.0 Å². The van der Waals surface area contributed by atoms with Crippen LogP contribution in [0.5, 0.6) is 5.75 Å². The number of nitrogens with one attached hydrogen (secondary N) is 1. The lowest BCUT2D eigenvalue weighted by Crippen LogP contribution is -2.45. The van der Waals surface area contributed by atoms with Crippen LogP contribution in [0.1, 0.15) is 36.8 Å². The Bertz CT molecular complexity index is 664. The average molecular weight is 376 g/mol. The number of ether oxygens (including phenoxy) is 2. The standard InChI is InChI=1S/C20H28N2O5/c1-14-4-5-16(18(11-14)27-13-17-3-2-10-26-17)12-21-20(25)22-8-6-15(7-9-22)19(23)24/h4-5,11,15,17H,2-3,6-10,12-13H2,1H3,(H,21,25)(H,23,24). The van der Waals surface area contributed by atoms with Gasteiger partial charge in [-0.3, -0.25) is 4.79 Å². The van der Waals surface area contributed by atoms with E-state index in [1.165, 1.54) is 0 Å². The number of aliphatic carboxylic acids is 1. The van der Waals surface area contributed by atoms with Crippen molar-refractivity contribution in [1.82, 2.24) is 10.2 Å². The lowest BCUT2D eigenvalue weighted by Gasteiger charge is -2.30. The summed E-state index contributed by atoms with van der Waals surface area (Å²) in [5.74, 6) is -0.345. The van der Waals surface area contributed by atoms with Crippen molar-refractivity contribution in [2.75, 3.05) is 26.3 Å². The van der Waals surface area contributed by atoms with Crippen LogP contribution in [0.2, 0.25) is 0 Å². The topological polar surface area (TPSA) is 88.1 Å². The molecule has 1 atom stereocenters. The molecular weight excluding hydrogens is 348 g/mol. The molecular formula is C20H28N2O5. The van der Waals surface area contributed by atoms with Crippen molar-refractivity contribution >= 4 is 12.0 Å². The van der Waals surface area contributed by atoms with Gasteiger partial charge >= 0.3 is 12.0 Å². The first-order chi connectivity index (χ1) is 13.0. The summed E-state index contributed by atoms with van der Waals surface area (Å²) in [6.07, 6.45) is 3.24. The minimum absolute atomic E-state index is 0.142. The molecule has 0 spiro atoms. The van der Waals surface area contributed by atoms with Crippen molar-refractivity contribution in [2.24, 2.45) is 5.92 Å². The minimum Gasteiger partial charge on any atom is -0.491 e. The number of hydrogen-bond acceptors (Lipinski definition) is 4. The first-order valence-electron chi connectivity index (χ1n) is 9.62.